The van der Waals surface area contributed by atoms with E-state index in [1.807, 2.05) is 12.1 Å². The molecule has 2 saturated heterocycles. The number of benzene rings is 2. The van der Waals surface area contributed by atoms with Crippen LogP contribution in [0.5, 0.6) is 0 Å². The number of halogens is 1. The van der Waals surface area contributed by atoms with Crippen LogP contribution in [-0.4, -0.2) is 53.8 Å². The van der Waals surface area contributed by atoms with Gasteiger partial charge in [-0.1, -0.05) is 36.2 Å². The molecule has 0 aliphatic carbocycles. The van der Waals surface area contributed by atoms with Gasteiger partial charge in [0.25, 0.3) is 5.91 Å². The number of anilines is 1. The summed E-state index contributed by atoms with van der Waals surface area (Å²) in [5, 5.41) is 4.06. The summed E-state index contributed by atoms with van der Waals surface area (Å²) >= 11 is 7.14. The van der Waals surface area contributed by atoms with Crippen LogP contribution in [0.25, 0.3) is 16.6 Å². The highest BCUT2D eigenvalue weighted by Crippen LogP contribution is 2.29. The Morgan fingerprint density at radius 1 is 1.00 bits per heavy atom. The molecule has 38 heavy (non-hydrogen) atoms. The Morgan fingerprint density at radius 2 is 1.76 bits per heavy atom. The number of rotatable bonds is 7. The Hall–Kier alpha value is -3.33. The van der Waals surface area contributed by atoms with Gasteiger partial charge < -0.3 is 14.6 Å². The van der Waals surface area contributed by atoms with Gasteiger partial charge in [-0.25, -0.2) is 4.79 Å². The minimum Gasteiger partial charge on any atom is -0.442 e. The number of amides is 2. The first-order valence-electron chi connectivity index (χ1n) is 13.0. The predicted octanol–water partition coefficient (Wildman–Crippen LogP) is 6.09. The first-order chi connectivity index (χ1) is 18.5. The van der Waals surface area contributed by atoms with Gasteiger partial charge >= 0.3 is 6.09 Å². The van der Waals surface area contributed by atoms with Gasteiger partial charge in [-0.3, -0.25) is 14.6 Å². The van der Waals surface area contributed by atoms with Crippen molar-refractivity contribution in [2.45, 2.75) is 31.9 Å². The number of aromatic nitrogens is 1. The molecule has 1 N–H and O–H groups in total. The molecule has 0 saturated carbocycles. The first-order valence-corrected chi connectivity index (χ1v) is 14.2. The SMILES string of the molecule is O=C(NC[C@H]1CN(c2ccc(-n3c(CN4CCCCC4)cc4ccccc43)cc2)C(=O)O1)c1ccc(Cl)s1. The number of nitrogens with zero attached hydrogens (tertiary/aromatic N) is 3. The molecule has 4 aromatic rings. The van der Waals surface area contributed by atoms with Crippen molar-refractivity contribution in [3.63, 3.8) is 0 Å². The van der Waals surface area contributed by atoms with Crippen LogP contribution in [0.2, 0.25) is 4.34 Å². The molecule has 6 rings (SSSR count). The van der Waals surface area contributed by atoms with E-state index in [9.17, 15) is 9.59 Å². The summed E-state index contributed by atoms with van der Waals surface area (Å²) in [6, 6.07) is 22.2. The smallest absolute Gasteiger partial charge is 0.414 e. The number of carbonyl (C=O) groups excluding carboxylic acids is 2. The molecule has 1 atom stereocenters. The second-order valence-corrected chi connectivity index (χ2v) is 11.5. The number of piperidine rings is 1. The lowest BCUT2D eigenvalue weighted by Crippen LogP contribution is -2.34. The van der Waals surface area contributed by atoms with Gasteiger partial charge in [0.2, 0.25) is 0 Å². The van der Waals surface area contributed by atoms with Crippen molar-refractivity contribution < 1.29 is 14.3 Å². The number of cyclic esters (lactones) is 1. The Bertz CT molecular complexity index is 1460. The van der Waals surface area contributed by atoms with E-state index in [0.29, 0.717) is 15.8 Å². The highest BCUT2D eigenvalue weighted by molar-refractivity contribution is 7.18. The van der Waals surface area contributed by atoms with Crippen molar-refractivity contribution in [3.8, 4) is 5.69 Å². The molecule has 4 heterocycles. The molecule has 2 aliphatic rings. The van der Waals surface area contributed by atoms with Crippen LogP contribution in [0.4, 0.5) is 10.5 Å². The summed E-state index contributed by atoms with van der Waals surface area (Å²) in [4.78, 5) is 29.6. The third-order valence-electron chi connectivity index (χ3n) is 7.20. The van der Waals surface area contributed by atoms with Crippen LogP contribution in [0.1, 0.15) is 34.6 Å². The van der Waals surface area contributed by atoms with Gasteiger partial charge in [0, 0.05) is 29.0 Å². The average molecular weight is 549 g/mol. The minimum absolute atomic E-state index is 0.222. The average Bonchev–Trinajstić information content (AvgIpc) is 3.64. The van der Waals surface area contributed by atoms with E-state index in [4.69, 9.17) is 16.3 Å². The molecule has 9 heteroatoms. The molecule has 196 valence electrons. The summed E-state index contributed by atoms with van der Waals surface area (Å²) in [6.45, 7) is 3.81. The standard InChI is InChI=1S/C29H29ClN4O3S/c30-27-13-12-26(38-27)28(35)31-17-24-19-33(29(36)37-24)21-8-10-22(11-9-21)34-23(18-32-14-4-1-5-15-32)16-20-6-2-3-7-25(20)34/h2-3,6-13,16,24H,1,4-5,14-15,17-19H2,(H,31,35)/t24-/m0/s1. The zero-order valence-corrected chi connectivity index (χ0v) is 22.5. The van der Waals surface area contributed by atoms with Crippen molar-refractivity contribution in [3.05, 3.63) is 81.6 Å². The zero-order chi connectivity index (χ0) is 26.1. The molecule has 2 aliphatic heterocycles. The Morgan fingerprint density at radius 3 is 2.53 bits per heavy atom. The Balaban J connectivity index is 1.17. The molecule has 0 bridgehead atoms. The van der Waals surface area contributed by atoms with Gasteiger partial charge in [-0.05, 0) is 74.5 Å². The highest BCUT2D eigenvalue weighted by atomic mass is 35.5. The largest absolute Gasteiger partial charge is 0.442 e. The van der Waals surface area contributed by atoms with Gasteiger partial charge in [0.05, 0.1) is 27.8 Å². The van der Waals surface area contributed by atoms with Crippen molar-refractivity contribution in [2.75, 3.05) is 31.1 Å². The molecule has 0 spiro atoms. The number of carbonyl (C=O) groups is 2. The summed E-state index contributed by atoms with van der Waals surface area (Å²) in [5.74, 6) is -0.222. The molecule has 2 amide bonds. The minimum atomic E-state index is -0.425. The van der Waals surface area contributed by atoms with Gasteiger partial charge in [0.1, 0.15) is 6.10 Å². The topological polar surface area (TPSA) is 66.8 Å². The predicted molar refractivity (Wildman–Crippen MR) is 152 cm³/mol. The first kappa shape index (κ1) is 25.0. The Kier molecular flexibility index (Phi) is 7.10. The maximum atomic E-state index is 12.6. The number of thiophene rings is 1. The second kappa shape index (κ2) is 10.8. The fraction of sp³-hybridized carbons (Fsp3) is 0.310. The number of hydrogen-bond acceptors (Lipinski definition) is 5. The summed E-state index contributed by atoms with van der Waals surface area (Å²) in [7, 11) is 0. The molecule has 7 nitrogen and oxygen atoms in total. The maximum absolute atomic E-state index is 12.6. The molecular formula is C29H29ClN4O3S. The van der Waals surface area contributed by atoms with E-state index >= 15 is 0 Å². The number of ether oxygens (including phenoxy) is 1. The fourth-order valence-corrected chi connectivity index (χ4v) is 6.29. The fourth-order valence-electron chi connectivity index (χ4n) is 5.33. The van der Waals surface area contributed by atoms with Crippen molar-refractivity contribution >= 4 is 51.5 Å². The summed E-state index contributed by atoms with van der Waals surface area (Å²) < 4.78 is 8.41. The number of fused-ring (bicyclic) bond motifs is 1. The van der Waals surface area contributed by atoms with Crippen LogP contribution in [0.15, 0.2) is 66.7 Å². The van der Waals surface area contributed by atoms with Crippen molar-refractivity contribution in [1.82, 2.24) is 14.8 Å². The van der Waals surface area contributed by atoms with E-state index in [0.717, 1.165) is 31.0 Å². The summed E-state index contributed by atoms with van der Waals surface area (Å²) in [6.07, 6.45) is 3.00. The second-order valence-electron chi connectivity index (χ2n) is 9.81. The monoisotopic (exact) mass is 548 g/mol. The van der Waals surface area contributed by atoms with Crippen LogP contribution >= 0.6 is 22.9 Å². The third-order valence-corrected chi connectivity index (χ3v) is 8.43. The van der Waals surface area contributed by atoms with E-state index in [2.05, 4.69) is 57.2 Å². The van der Waals surface area contributed by atoms with Gasteiger partial charge in [-0.15, -0.1) is 11.3 Å². The Labute approximate surface area is 230 Å². The maximum Gasteiger partial charge on any atom is 0.414 e. The molecule has 2 aromatic carbocycles. The zero-order valence-electron chi connectivity index (χ0n) is 20.9. The molecule has 0 unspecified atom stereocenters. The van der Waals surface area contributed by atoms with Gasteiger partial charge in [0.15, 0.2) is 0 Å². The number of nitrogens with one attached hydrogen (secondary N) is 1. The number of likely N-dealkylation sites (tertiary alicyclic amines) is 1. The number of hydrogen-bond donors (Lipinski definition) is 1. The lowest BCUT2D eigenvalue weighted by Gasteiger charge is -2.27. The van der Waals surface area contributed by atoms with E-state index in [1.54, 1.807) is 17.0 Å². The normalized spacial score (nSPS) is 18.2. The highest BCUT2D eigenvalue weighted by Gasteiger charge is 2.32. The summed E-state index contributed by atoms with van der Waals surface area (Å²) in [5.41, 5.74) is 4.28. The van der Waals surface area contributed by atoms with Crippen LogP contribution in [0, 0.1) is 0 Å². The molecule has 2 fully saturated rings. The quantitative estimate of drug-likeness (QED) is 0.304. The van der Waals surface area contributed by atoms with Gasteiger partial charge in [-0.2, -0.15) is 0 Å². The molecular weight excluding hydrogens is 520 g/mol. The lowest BCUT2D eigenvalue weighted by molar-refractivity contribution is 0.0920. The van der Waals surface area contributed by atoms with Crippen molar-refractivity contribution in [1.29, 1.82) is 0 Å². The molecule has 0 radical (unpaired) electrons. The molecule has 2 aromatic heterocycles. The van der Waals surface area contributed by atoms with Crippen LogP contribution in [-0.2, 0) is 11.3 Å². The van der Waals surface area contributed by atoms with Crippen LogP contribution < -0.4 is 10.2 Å². The van der Waals surface area contributed by atoms with Crippen molar-refractivity contribution in [2.24, 2.45) is 0 Å². The van der Waals surface area contributed by atoms with E-state index in [1.165, 1.54) is 47.2 Å². The third kappa shape index (κ3) is 5.16. The number of para-hydroxylation sites is 1. The van der Waals surface area contributed by atoms with Crippen LogP contribution in [0.3, 0.4) is 0 Å². The van der Waals surface area contributed by atoms with E-state index < -0.39 is 12.2 Å². The van der Waals surface area contributed by atoms with E-state index in [-0.39, 0.29) is 12.5 Å². The lowest BCUT2D eigenvalue weighted by atomic mass is 10.1.